The lowest BCUT2D eigenvalue weighted by atomic mass is 10.5. The molecule has 0 spiro atoms. The summed E-state index contributed by atoms with van der Waals surface area (Å²) in [7, 11) is -0.580. The highest BCUT2D eigenvalue weighted by atomic mass is 32.2. The van der Waals surface area contributed by atoms with E-state index in [2.05, 4.69) is 5.48 Å². The van der Waals surface area contributed by atoms with E-state index in [1.165, 1.54) is 20.2 Å². The number of nitrogens with zero attached hydrogens (tertiary/aromatic N) is 1. The second kappa shape index (κ2) is 5.44. The van der Waals surface area contributed by atoms with Gasteiger partial charge < -0.3 is 9.25 Å². The quantitative estimate of drug-likeness (QED) is 0.588. The van der Waals surface area contributed by atoms with Gasteiger partial charge in [0.2, 0.25) is 5.09 Å². The van der Waals surface area contributed by atoms with E-state index < -0.39 is 10.0 Å². The third-order valence-corrected chi connectivity index (χ3v) is 3.55. The van der Waals surface area contributed by atoms with Gasteiger partial charge in [-0.25, -0.2) is 12.7 Å². The molecule has 0 aliphatic carbocycles. The van der Waals surface area contributed by atoms with E-state index in [-0.39, 0.29) is 5.09 Å². The Labute approximate surface area is 95.2 Å². The Kier molecular flexibility index (Phi) is 4.48. The Bertz CT molecular complexity index is 424. The van der Waals surface area contributed by atoms with Gasteiger partial charge in [-0.15, -0.1) is 0 Å². The molecule has 1 heterocycles. The highest BCUT2D eigenvalue weighted by Gasteiger charge is 2.21. The summed E-state index contributed by atoms with van der Waals surface area (Å²) in [4.78, 5) is 4.91. The van der Waals surface area contributed by atoms with Crippen molar-refractivity contribution in [3.63, 3.8) is 0 Å². The molecule has 0 radical (unpaired) electrons. The van der Waals surface area contributed by atoms with Crippen LogP contribution >= 0.6 is 0 Å². The second-order valence-corrected chi connectivity index (χ2v) is 5.35. The number of hydroxylamine groups is 1. The minimum Gasteiger partial charge on any atom is -0.447 e. The number of sulfonamides is 1. The van der Waals surface area contributed by atoms with Gasteiger partial charge in [-0.3, -0.25) is 0 Å². The molecule has 0 fully saturated rings. The van der Waals surface area contributed by atoms with Crippen LogP contribution in [0.1, 0.15) is 12.7 Å². The van der Waals surface area contributed by atoms with Crippen LogP contribution in [0.2, 0.25) is 0 Å². The first-order chi connectivity index (χ1) is 7.48. The molecule has 0 saturated carbocycles. The highest BCUT2D eigenvalue weighted by molar-refractivity contribution is 7.88. The average Bonchev–Trinajstić information content (AvgIpc) is 2.67. The normalized spacial score (nSPS) is 12.2. The third-order valence-electron chi connectivity index (χ3n) is 1.86. The fourth-order valence-corrected chi connectivity index (χ4v) is 1.81. The molecule has 0 atom stereocenters. The van der Waals surface area contributed by atoms with Crippen molar-refractivity contribution in [2.24, 2.45) is 0 Å². The maximum Gasteiger partial charge on any atom is 0.275 e. The lowest BCUT2D eigenvalue weighted by Gasteiger charge is -2.07. The number of nitrogens with one attached hydrogen (secondary N) is 1. The zero-order chi connectivity index (χ0) is 12.2. The Morgan fingerprint density at radius 2 is 2.12 bits per heavy atom. The molecule has 0 unspecified atom stereocenters. The summed E-state index contributed by atoms with van der Waals surface area (Å²) < 4.78 is 29.6. The molecular weight excluding hydrogens is 232 g/mol. The van der Waals surface area contributed by atoms with Crippen molar-refractivity contribution in [1.82, 2.24) is 9.79 Å². The van der Waals surface area contributed by atoms with Gasteiger partial charge in [-0.1, -0.05) is 0 Å². The van der Waals surface area contributed by atoms with Crippen LogP contribution in [0, 0.1) is 0 Å². The first kappa shape index (κ1) is 13.2. The fourth-order valence-electron chi connectivity index (χ4n) is 0.996. The van der Waals surface area contributed by atoms with Crippen LogP contribution in [0.4, 0.5) is 0 Å². The van der Waals surface area contributed by atoms with Gasteiger partial charge >= 0.3 is 0 Å². The van der Waals surface area contributed by atoms with Crippen molar-refractivity contribution >= 4 is 10.0 Å². The zero-order valence-corrected chi connectivity index (χ0v) is 10.4. The average molecular weight is 248 g/mol. The molecule has 0 saturated heterocycles. The summed E-state index contributed by atoms with van der Waals surface area (Å²) in [5.74, 6) is 0.508. The fraction of sp³-hybridized carbons (Fsp3) is 0.556. The molecule has 6 nitrogen and oxygen atoms in total. The van der Waals surface area contributed by atoms with E-state index >= 15 is 0 Å². The van der Waals surface area contributed by atoms with E-state index in [1.807, 2.05) is 6.92 Å². The topological polar surface area (TPSA) is 71.8 Å². The van der Waals surface area contributed by atoms with Crippen LogP contribution in [0.25, 0.3) is 0 Å². The van der Waals surface area contributed by atoms with Gasteiger partial charge in [0, 0.05) is 14.1 Å². The minimum absolute atomic E-state index is 0.0641. The van der Waals surface area contributed by atoms with Gasteiger partial charge in [0.1, 0.15) is 5.76 Å². The maximum absolute atomic E-state index is 11.7. The van der Waals surface area contributed by atoms with E-state index in [9.17, 15) is 8.42 Å². The molecule has 0 aromatic carbocycles. The smallest absolute Gasteiger partial charge is 0.275 e. The minimum atomic E-state index is -3.49. The van der Waals surface area contributed by atoms with E-state index in [4.69, 9.17) is 9.25 Å². The number of hydrogen-bond donors (Lipinski definition) is 1. The summed E-state index contributed by atoms with van der Waals surface area (Å²) in [6.45, 7) is 2.71. The molecule has 16 heavy (non-hydrogen) atoms. The Morgan fingerprint density at radius 3 is 2.69 bits per heavy atom. The molecule has 1 aromatic heterocycles. The molecule has 0 aliphatic heterocycles. The molecule has 0 bridgehead atoms. The van der Waals surface area contributed by atoms with Gasteiger partial charge in [-0.2, -0.15) is 5.48 Å². The second-order valence-electron chi connectivity index (χ2n) is 3.26. The van der Waals surface area contributed by atoms with Crippen molar-refractivity contribution in [3.8, 4) is 0 Å². The Morgan fingerprint density at radius 1 is 1.44 bits per heavy atom. The molecule has 1 N–H and O–H groups in total. The number of hydrogen-bond acceptors (Lipinski definition) is 5. The summed E-state index contributed by atoms with van der Waals surface area (Å²) >= 11 is 0. The van der Waals surface area contributed by atoms with Crippen LogP contribution in [-0.2, 0) is 21.4 Å². The van der Waals surface area contributed by atoms with Crippen molar-refractivity contribution in [3.05, 3.63) is 17.9 Å². The number of rotatable bonds is 6. The van der Waals surface area contributed by atoms with Crippen LogP contribution < -0.4 is 5.48 Å². The summed E-state index contributed by atoms with van der Waals surface area (Å²) in [5, 5.41) is -0.0641. The van der Waals surface area contributed by atoms with E-state index in [1.54, 1.807) is 6.07 Å². The molecule has 7 heteroatoms. The van der Waals surface area contributed by atoms with Crippen molar-refractivity contribution in [2.45, 2.75) is 18.6 Å². The Hall–Kier alpha value is -0.890. The first-order valence-corrected chi connectivity index (χ1v) is 6.28. The van der Waals surface area contributed by atoms with E-state index in [0.29, 0.717) is 18.9 Å². The monoisotopic (exact) mass is 248 g/mol. The standard InChI is InChI=1S/C9H16N2O4S/c1-4-14-10-7-8-5-6-9(15-8)16(12,13)11(2)3/h5-6,10H,4,7H2,1-3H3. The molecule has 0 amide bonds. The third kappa shape index (κ3) is 3.05. The summed E-state index contributed by atoms with van der Waals surface area (Å²) in [6.07, 6.45) is 0. The molecule has 1 aromatic rings. The molecule has 92 valence electrons. The van der Waals surface area contributed by atoms with Crippen molar-refractivity contribution in [2.75, 3.05) is 20.7 Å². The zero-order valence-electron chi connectivity index (χ0n) is 9.56. The first-order valence-electron chi connectivity index (χ1n) is 4.84. The van der Waals surface area contributed by atoms with Crippen LogP contribution in [-0.4, -0.2) is 33.4 Å². The summed E-state index contributed by atoms with van der Waals surface area (Å²) in [6, 6.07) is 3.03. The molecule has 0 aliphatic rings. The van der Waals surface area contributed by atoms with Crippen LogP contribution in [0.3, 0.4) is 0 Å². The molecular formula is C9H16N2O4S. The lowest BCUT2D eigenvalue weighted by molar-refractivity contribution is 0.0418. The Balaban J connectivity index is 2.72. The maximum atomic E-state index is 11.7. The van der Waals surface area contributed by atoms with Crippen LogP contribution in [0.5, 0.6) is 0 Å². The predicted octanol–water partition coefficient (Wildman–Crippen LogP) is 0.571. The summed E-state index contributed by atoms with van der Waals surface area (Å²) in [5.41, 5.74) is 2.64. The van der Waals surface area contributed by atoms with E-state index in [0.717, 1.165) is 4.31 Å². The van der Waals surface area contributed by atoms with Gasteiger partial charge in [0.25, 0.3) is 10.0 Å². The lowest BCUT2D eigenvalue weighted by Crippen LogP contribution is -2.21. The van der Waals surface area contributed by atoms with Gasteiger partial charge in [0.15, 0.2) is 0 Å². The van der Waals surface area contributed by atoms with Gasteiger partial charge in [0.05, 0.1) is 13.2 Å². The predicted molar refractivity (Wildman–Crippen MR) is 58.0 cm³/mol. The SMILES string of the molecule is CCONCc1ccc(S(=O)(=O)N(C)C)o1. The van der Waals surface area contributed by atoms with Crippen molar-refractivity contribution in [1.29, 1.82) is 0 Å². The highest BCUT2D eigenvalue weighted by Crippen LogP contribution is 2.16. The van der Waals surface area contributed by atoms with Gasteiger partial charge in [-0.05, 0) is 19.1 Å². The molecule has 1 rings (SSSR count). The largest absolute Gasteiger partial charge is 0.447 e. The van der Waals surface area contributed by atoms with Crippen LogP contribution in [0.15, 0.2) is 21.6 Å². The van der Waals surface area contributed by atoms with Crippen molar-refractivity contribution < 1.29 is 17.7 Å². The number of furan rings is 1.